The van der Waals surface area contributed by atoms with E-state index >= 15 is 0 Å². The van der Waals surface area contributed by atoms with Crippen LogP contribution >= 0.6 is 11.6 Å². The second kappa shape index (κ2) is 13.4. The molecule has 52 heavy (non-hydrogen) atoms. The van der Waals surface area contributed by atoms with Gasteiger partial charge in [-0.25, -0.2) is 18.7 Å². The number of aryl methyl sites for hydroxylation is 1. The molecular weight excluding hydrogens is 682 g/mol. The first-order valence-corrected chi connectivity index (χ1v) is 18.4. The first-order chi connectivity index (χ1) is 24.9. The number of amides is 1. The van der Waals surface area contributed by atoms with Crippen molar-refractivity contribution in [2.24, 2.45) is 5.41 Å². The van der Waals surface area contributed by atoms with Crippen LogP contribution in [0, 0.1) is 24.0 Å². The minimum absolute atomic E-state index is 0.0771. The smallest absolute Gasteiger partial charge is 0.254 e. The number of likely N-dealkylation sites (tertiary alicyclic amines) is 1. The maximum atomic E-state index is 14.8. The lowest BCUT2D eigenvalue weighted by Crippen LogP contribution is -2.47. The number of carbonyl (C=O) groups excluding carboxylic acids is 1. The van der Waals surface area contributed by atoms with Crippen molar-refractivity contribution in [3.05, 3.63) is 106 Å². The van der Waals surface area contributed by atoms with Crippen LogP contribution in [0.5, 0.6) is 0 Å². The van der Waals surface area contributed by atoms with E-state index < -0.39 is 11.6 Å². The van der Waals surface area contributed by atoms with Crippen LogP contribution in [0.25, 0.3) is 11.0 Å². The number of hydrogen-bond acceptors (Lipinski definition) is 7. The Morgan fingerprint density at radius 3 is 2.50 bits per heavy atom. The molecule has 1 fully saturated rings. The molecule has 0 aliphatic carbocycles. The quantitative estimate of drug-likeness (QED) is 0.166. The van der Waals surface area contributed by atoms with E-state index in [2.05, 4.69) is 45.4 Å². The topological polar surface area (TPSA) is 73.6 Å². The van der Waals surface area contributed by atoms with Gasteiger partial charge in [-0.05, 0) is 91.2 Å². The first-order valence-electron chi connectivity index (χ1n) is 18.0. The van der Waals surface area contributed by atoms with E-state index in [-0.39, 0.29) is 23.2 Å². The number of pyridine rings is 1. The van der Waals surface area contributed by atoms with Crippen molar-refractivity contribution in [3.8, 4) is 0 Å². The molecule has 9 nitrogen and oxygen atoms in total. The zero-order valence-electron chi connectivity index (χ0n) is 30.0. The second-order valence-electron chi connectivity index (χ2n) is 15.5. The molecule has 2 aromatic carbocycles. The first kappa shape index (κ1) is 34.5. The van der Waals surface area contributed by atoms with Gasteiger partial charge in [-0.15, -0.1) is 0 Å². The molecule has 1 amide bonds. The summed E-state index contributed by atoms with van der Waals surface area (Å²) in [5.41, 5.74) is 6.68. The molecular formula is C40H43ClF2N8O. The average molecular weight is 725 g/mol. The lowest BCUT2D eigenvalue weighted by atomic mass is 9.94. The lowest BCUT2D eigenvalue weighted by molar-refractivity contribution is 0.0730. The van der Waals surface area contributed by atoms with E-state index in [0.29, 0.717) is 43.3 Å². The summed E-state index contributed by atoms with van der Waals surface area (Å²) in [5.74, 6) is -0.438. The predicted octanol–water partition coefficient (Wildman–Crippen LogP) is 7.74. The number of aromatic nitrogens is 4. The van der Waals surface area contributed by atoms with Crippen molar-refractivity contribution in [2.45, 2.75) is 66.1 Å². The van der Waals surface area contributed by atoms with Gasteiger partial charge in [0.15, 0.2) is 5.82 Å². The molecule has 8 rings (SSSR count). The monoisotopic (exact) mass is 724 g/mol. The summed E-state index contributed by atoms with van der Waals surface area (Å²) < 4.78 is 30.4. The highest BCUT2D eigenvalue weighted by Gasteiger charge is 2.37. The van der Waals surface area contributed by atoms with E-state index in [9.17, 15) is 13.6 Å². The third-order valence-corrected chi connectivity index (χ3v) is 10.8. The molecule has 5 aromatic rings. The predicted molar refractivity (Wildman–Crippen MR) is 200 cm³/mol. The van der Waals surface area contributed by atoms with Gasteiger partial charge in [0.05, 0.1) is 25.5 Å². The SMILES string of the molecule is Cc1nc(Cl)nc2c1N(c1ccc(C(=O)N3CCc4c(n(Cc5ccc(F)cc5F)c5ncccc45)C3)cc1)CN2C1CCN(CC(C)(C)C)CC1. The van der Waals surface area contributed by atoms with Crippen molar-refractivity contribution in [3.63, 3.8) is 0 Å². The van der Waals surface area contributed by atoms with Crippen LogP contribution in [0.2, 0.25) is 5.28 Å². The molecule has 0 atom stereocenters. The third kappa shape index (κ3) is 6.49. The molecule has 12 heteroatoms. The van der Waals surface area contributed by atoms with Gasteiger partial charge in [0.1, 0.15) is 23.0 Å². The van der Waals surface area contributed by atoms with Crippen molar-refractivity contribution in [1.82, 2.24) is 29.3 Å². The maximum Gasteiger partial charge on any atom is 0.254 e. The molecule has 1 saturated heterocycles. The summed E-state index contributed by atoms with van der Waals surface area (Å²) in [4.78, 5) is 36.9. The highest BCUT2D eigenvalue weighted by molar-refractivity contribution is 6.28. The number of fused-ring (bicyclic) bond motifs is 4. The van der Waals surface area contributed by atoms with Gasteiger partial charge in [-0.1, -0.05) is 26.8 Å². The number of rotatable bonds is 6. The number of anilines is 3. The Morgan fingerprint density at radius 1 is 1.00 bits per heavy atom. The number of hydrogen-bond donors (Lipinski definition) is 0. The number of nitrogens with zero attached hydrogens (tertiary/aromatic N) is 8. The number of piperidine rings is 1. The highest BCUT2D eigenvalue weighted by Crippen LogP contribution is 2.44. The van der Waals surface area contributed by atoms with Gasteiger partial charge in [0, 0.05) is 72.4 Å². The summed E-state index contributed by atoms with van der Waals surface area (Å²) in [6.45, 7) is 13.7. The number of carbonyl (C=O) groups is 1. The van der Waals surface area contributed by atoms with Gasteiger partial charge >= 0.3 is 0 Å². The van der Waals surface area contributed by atoms with Crippen LogP contribution in [-0.4, -0.2) is 74.1 Å². The van der Waals surface area contributed by atoms with Crippen LogP contribution in [0.1, 0.15) is 66.5 Å². The largest absolute Gasteiger partial charge is 0.334 e. The summed E-state index contributed by atoms with van der Waals surface area (Å²) in [6, 6.07) is 15.6. The van der Waals surface area contributed by atoms with Crippen LogP contribution in [0.4, 0.5) is 26.0 Å². The molecule has 3 aliphatic heterocycles. The average Bonchev–Trinajstić information content (AvgIpc) is 3.65. The molecule has 0 radical (unpaired) electrons. The standard InChI is InChI=1S/C40H43ClF2N8O/c1-25-35-37(46-39(41)45-25)51(30-13-17-47(18-14-30)23-40(2,3)4)24-50(35)29-11-8-26(9-12-29)38(52)48-19-15-31-32-6-5-16-44-36(32)49(34(31)22-48)21-27-7-10-28(42)20-33(27)43/h5-12,16,20,30H,13-15,17-19,21-24H2,1-4H3. The van der Waals surface area contributed by atoms with E-state index in [4.69, 9.17) is 16.6 Å². The molecule has 0 N–H and O–H groups in total. The minimum atomic E-state index is -0.618. The molecule has 3 aliphatic rings. The van der Waals surface area contributed by atoms with Crippen LogP contribution in [0.3, 0.4) is 0 Å². The Kier molecular flexibility index (Phi) is 8.90. The molecule has 6 heterocycles. The van der Waals surface area contributed by atoms with Crippen molar-refractivity contribution < 1.29 is 13.6 Å². The fourth-order valence-electron chi connectivity index (χ4n) is 8.27. The number of halogens is 3. The van der Waals surface area contributed by atoms with E-state index in [1.165, 1.54) is 12.1 Å². The van der Waals surface area contributed by atoms with E-state index in [1.54, 1.807) is 6.20 Å². The normalized spacial score (nSPS) is 16.9. The molecule has 270 valence electrons. The van der Waals surface area contributed by atoms with Crippen molar-refractivity contribution >= 4 is 45.7 Å². The fraction of sp³-hybridized carbons (Fsp3) is 0.400. The zero-order valence-corrected chi connectivity index (χ0v) is 30.8. The lowest BCUT2D eigenvalue weighted by Gasteiger charge is -2.39. The van der Waals surface area contributed by atoms with Crippen LogP contribution in [0.15, 0.2) is 60.8 Å². The van der Waals surface area contributed by atoms with E-state index in [0.717, 1.165) is 83.7 Å². The summed E-state index contributed by atoms with van der Waals surface area (Å²) in [5, 5.41) is 1.24. The van der Waals surface area contributed by atoms with Crippen LogP contribution in [-0.2, 0) is 19.5 Å². The summed E-state index contributed by atoms with van der Waals surface area (Å²) in [6.07, 6.45) is 4.45. The van der Waals surface area contributed by atoms with Crippen LogP contribution < -0.4 is 9.80 Å². The Bertz CT molecular complexity index is 2160. The molecule has 0 bridgehead atoms. The van der Waals surface area contributed by atoms with Gasteiger partial charge < -0.3 is 24.2 Å². The molecule has 0 spiro atoms. The summed E-state index contributed by atoms with van der Waals surface area (Å²) in [7, 11) is 0. The molecule has 0 unspecified atom stereocenters. The van der Waals surface area contributed by atoms with Gasteiger partial charge in [0.2, 0.25) is 5.28 Å². The Labute approximate surface area is 307 Å². The highest BCUT2D eigenvalue weighted by atomic mass is 35.5. The van der Waals surface area contributed by atoms with E-state index in [1.807, 2.05) is 52.8 Å². The summed E-state index contributed by atoms with van der Waals surface area (Å²) >= 11 is 6.42. The minimum Gasteiger partial charge on any atom is -0.334 e. The van der Waals surface area contributed by atoms with Gasteiger partial charge in [-0.2, -0.15) is 4.98 Å². The second-order valence-corrected chi connectivity index (χ2v) is 15.8. The Balaban J connectivity index is 1.02. The van der Waals surface area contributed by atoms with Crippen molar-refractivity contribution in [2.75, 3.05) is 42.6 Å². The van der Waals surface area contributed by atoms with Gasteiger partial charge in [0.25, 0.3) is 5.91 Å². The molecule has 3 aromatic heterocycles. The Hall–Kier alpha value is -4.61. The fourth-order valence-corrected chi connectivity index (χ4v) is 8.48. The number of benzene rings is 2. The van der Waals surface area contributed by atoms with Crippen molar-refractivity contribution in [1.29, 1.82) is 0 Å². The maximum absolute atomic E-state index is 14.8. The third-order valence-electron chi connectivity index (χ3n) is 10.6. The zero-order chi connectivity index (χ0) is 36.3. The Morgan fingerprint density at radius 2 is 1.77 bits per heavy atom. The van der Waals surface area contributed by atoms with Gasteiger partial charge in [-0.3, -0.25) is 4.79 Å². The molecule has 0 saturated carbocycles.